The fraction of sp³-hybridized carbons (Fsp3) is 0.312. The first kappa shape index (κ1) is 15.4. The molecule has 110 valence electrons. The van der Waals surface area contributed by atoms with Gasteiger partial charge in [0.1, 0.15) is 0 Å². The molecule has 2 rings (SSSR count). The summed E-state index contributed by atoms with van der Waals surface area (Å²) in [7, 11) is 0. The molecule has 1 aliphatic rings. The summed E-state index contributed by atoms with van der Waals surface area (Å²) in [5.74, 6) is -0.886. The summed E-state index contributed by atoms with van der Waals surface area (Å²) in [6.07, 6.45) is 4.98. The van der Waals surface area contributed by atoms with Gasteiger partial charge in [-0.1, -0.05) is 19.8 Å². The predicted molar refractivity (Wildman–Crippen MR) is 81.6 cm³/mol. The van der Waals surface area contributed by atoms with Crippen LogP contribution in [-0.2, 0) is 9.59 Å². The van der Waals surface area contributed by atoms with Crippen molar-refractivity contribution in [2.24, 2.45) is 0 Å². The lowest BCUT2D eigenvalue weighted by Gasteiger charge is -2.14. The van der Waals surface area contributed by atoms with Gasteiger partial charge in [-0.25, -0.2) is 4.90 Å². The van der Waals surface area contributed by atoms with Crippen LogP contribution in [0.3, 0.4) is 0 Å². The number of ketones is 1. The Bertz CT molecular complexity index is 574. The number of Topliss-reactive ketones (excluding diaryl/α,β-unsaturated/α-hetero) is 1. The Kier molecular flexibility index (Phi) is 4.91. The lowest BCUT2D eigenvalue weighted by atomic mass is 10.0. The number of amides is 2. The number of unbranched alkanes of at least 4 members (excludes halogenated alkanes) is 1. The molecule has 4 nitrogen and oxygen atoms in total. The van der Waals surface area contributed by atoms with Crippen LogP contribution in [0.2, 0.25) is 0 Å². The zero-order valence-corrected chi connectivity index (χ0v) is 12.5. The molecular weight excluding hydrogens is 290 g/mol. The number of alkyl halides is 1. The highest BCUT2D eigenvalue weighted by molar-refractivity contribution is 6.34. The Morgan fingerprint density at radius 2 is 1.71 bits per heavy atom. The molecule has 0 saturated carbocycles. The van der Waals surface area contributed by atoms with E-state index in [1.54, 1.807) is 24.3 Å². The zero-order valence-electron chi connectivity index (χ0n) is 11.7. The fourth-order valence-corrected chi connectivity index (χ4v) is 2.41. The van der Waals surface area contributed by atoms with E-state index in [0.29, 0.717) is 17.7 Å². The van der Waals surface area contributed by atoms with E-state index in [0.717, 1.165) is 17.7 Å². The quantitative estimate of drug-likeness (QED) is 0.461. The first-order valence-electron chi connectivity index (χ1n) is 6.89. The number of hydrogen-bond acceptors (Lipinski definition) is 3. The van der Waals surface area contributed by atoms with Crippen molar-refractivity contribution >= 4 is 34.9 Å². The second kappa shape index (κ2) is 6.68. The second-order valence-corrected chi connectivity index (χ2v) is 5.39. The Morgan fingerprint density at radius 3 is 2.24 bits per heavy atom. The molecule has 0 aliphatic carbocycles. The number of nitrogens with zero attached hydrogens (tertiary/aromatic N) is 1. The SMILES string of the molecule is CCCCC(Cl)C(=O)c1ccc(N2C(=O)C=CC2=O)cc1. The molecule has 21 heavy (non-hydrogen) atoms. The van der Waals surface area contributed by atoms with Crippen molar-refractivity contribution in [2.45, 2.75) is 31.6 Å². The van der Waals surface area contributed by atoms with Gasteiger partial charge in [0.15, 0.2) is 5.78 Å². The van der Waals surface area contributed by atoms with E-state index in [4.69, 9.17) is 11.6 Å². The first-order valence-corrected chi connectivity index (χ1v) is 7.32. The van der Waals surface area contributed by atoms with Gasteiger partial charge in [0, 0.05) is 17.7 Å². The van der Waals surface area contributed by atoms with E-state index >= 15 is 0 Å². The van der Waals surface area contributed by atoms with Crippen LogP contribution in [-0.4, -0.2) is 23.0 Å². The van der Waals surface area contributed by atoms with E-state index in [1.165, 1.54) is 12.2 Å². The minimum atomic E-state index is -0.535. The molecule has 0 radical (unpaired) electrons. The maximum absolute atomic E-state index is 12.1. The maximum Gasteiger partial charge on any atom is 0.258 e. The topological polar surface area (TPSA) is 54.5 Å². The standard InChI is InChI=1S/C16H16ClNO3/c1-2-3-4-13(17)16(21)11-5-7-12(8-6-11)18-14(19)9-10-15(18)20/h5-10,13H,2-4H2,1H3. The molecule has 1 aromatic rings. The van der Waals surface area contributed by atoms with E-state index in [1.807, 2.05) is 6.92 Å². The van der Waals surface area contributed by atoms with Gasteiger partial charge in [0.25, 0.3) is 11.8 Å². The number of rotatable bonds is 6. The van der Waals surface area contributed by atoms with Crippen molar-refractivity contribution in [1.29, 1.82) is 0 Å². The highest BCUT2D eigenvalue weighted by Crippen LogP contribution is 2.21. The van der Waals surface area contributed by atoms with E-state index in [2.05, 4.69) is 0 Å². The molecule has 1 aromatic carbocycles. The second-order valence-electron chi connectivity index (χ2n) is 4.87. The minimum absolute atomic E-state index is 0.131. The maximum atomic E-state index is 12.1. The van der Waals surface area contributed by atoms with Crippen LogP contribution in [0.4, 0.5) is 5.69 Å². The number of carbonyl (C=O) groups excluding carboxylic acids is 3. The first-order chi connectivity index (χ1) is 10.0. The molecule has 0 fully saturated rings. The number of benzene rings is 1. The van der Waals surface area contributed by atoms with Gasteiger partial charge in [-0.05, 0) is 30.7 Å². The summed E-state index contributed by atoms with van der Waals surface area (Å²) in [6.45, 7) is 2.04. The highest BCUT2D eigenvalue weighted by Gasteiger charge is 2.25. The van der Waals surface area contributed by atoms with Crippen LogP contribution in [0, 0.1) is 0 Å². The smallest absolute Gasteiger partial charge is 0.258 e. The fourth-order valence-electron chi connectivity index (χ4n) is 2.12. The van der Waals surface area contributed by atoms with Crippen LogP contribution in [0.25, 0.3) is 0 Å². The number of imide groups is 1. The Labute approximate surface area is 128 Å². The van der Waals surface area contributed by atoms with Gasteiger partial charge < -0.3 is 0 Å². The van der Waals surface area contributed by atoms with Gasteiger partial charge in [-0.15, -0.1) is 11.6 Å². The third kappa shape index (κ3) is 3.39. The summed E-state index contributed by atoms with van der Waals surface area (Å²) in [6, 6.07) is 6.36. The van der Waals surface area contributed by atoms with Crippen molar-refractivity contribution in [1.82, 2.24) is 0 Å². The third-order valence-electron chi connectivity index (χ3n) is 3.31. The van der Waals surface area contributed by atoms with E-state index in [-0.39, 0.29) is 17.6 Å². The summed E-state index contributed by atoms with van der Waals surface area (Å²) >= 11 is 6.08. The van der Waals surface area contributed by atoms with Crippen molar-refractivity contribution in [3.63, 3.8) is 0 Å². The Balaban J connectivity index is 2.10. The van der Waals surface area contributed by atoms with Crippen LogP contribution >= 0.6 is 11.6 Å². The molecule has 0 aromatic heterocycles. The monoisotopic (exact) mass is 305 g/mol. The van der Waals surface area contributed by atoms with Crippen molar-refractivity contribution in [3.05, 3.63) is 42.0 Å². The lowest BCUT2D eigenvalue weighted by molar-refractivity contribution is -0.119. The molecule has 1 unspecified atom stereocenters. The highest BCUT2D eigenvalue weighted by atomic mass is 35.5. The molecule has 0 spiro atoms. The lowest BCUT2D eigenvalue weighted by Crippen LogP contribution is -2.29. The molecular formula is C16H16ClNO3. The van der Waals surface area contributed by atoms with E-state index in [9.17, 15) is 14.4 Å². The zero-order chi connectivity index (χ0) is 15.4. The molecule has 0 N–H and O–H groups in total. The molecule has 2 amide bonds. The number of anilines is 1. The molecule has 5 heteroatoms. The molecule has 1 aliphatic heterocycles. The number of carbonyl (C=O) groups is 3. The van der Waals surface area contributed by atoms with Gasteiger partial charge >= 0.3 is 0 Å². The van der Waals surface area contributed by atoms with Crippen molar-refractivity contribution < 1.29 is 14.4 Å². The number of hydrogen-bond donors (Lipinski definition) is 0. The van der Waals surface area contributed by atoms with E-state index < -0.39 is 5.38 Å². The average molecular weight is 306 g/mol. The summed E-state index contributed by atoms with van der Waals surface area (Å²) in [5.41, 5.74) is 0.938. The van der Waals surface area contributed by atoms with Gasteiger partial charge in [0.2, 0.25) is 0 Å². The summed E-state index contributed by atoms with van der Waals surface area (Å²) in [4.78, 5) is 36.3. The normalized spacial score (nSPS) is 15.6. The van der Waals surface area contributed by atoms with Crippen LogP contribution in [0.5, 0.6) is 0 Å². The molecule has 0 saturated heterocycles. The van der Waals surface area contributed by atoms with Gasteiger partial charge in [0.05, 0.1) is 11.1 Å². The van der Waals surface area contributed by atoms with Crippen LogP contribution < -0.4 is 4.90 Å². The largest absolute Gasteiger partial charge is 0.293 e. The van der Waals surface area contributed by atoms with Crippen molar-refractivity contribution in [2.75, 3.05) is 4.90 Å². The molecule has 1 heterocycles. The van der Waals surface area contributed by atoms with Crippen molar-refractivity contribution in [3.8, 4) is 0 Å². The minimum Gasteiger partial charge on any atom is -0.293 e. The Hall–Kier alpha value is -1.94. The van der Waals surface area contributed by atoms with Gasteiger partial charge in [-0.3, -0.25) is 14.4 Å². The number of halogens is 1. The molecule has 0 bridgehead atoms. The van der Waals surface area contributed by atoms with Gasteiger partial charge in [-0.2, -0.15) is 0 Å². The summed E-state index contributed by atoms with van der Waals surface area (Å²) < 4.78 is 0. The Morgan fingerprint density at radius 1 is 1.14 bits per heavy atom. The van der Waals surface area contributed by atoms with Crippen LogP contribution in [0.1, 0.15) is 36.5 Å². The van der Waals surface area contributed by atoms with Crippen LogP contribution in [0.15, 0.2) is 36.4 Å². The summed E-state index contributed by atoms with van der Waals surface area (Å²) in [5, 5.41) is -0.535. The third-order valence-corrected chi connectivity index (χ3v) is 3.73. The molecule has 1 atom stereocenters. The predicted octanol–water partition coefficient (Wildman–Crippen LogP) is 3.10. The average Bonchev–Trinajstić information content (AvgIpc) is 2.83.